The second kappa shape index (κ2) is 8.50. The van der Waals surface area contributed by atoms with Crippen molar-refractivity contribution in [3.63, 3.8) is 0 Å². The standard InChI is InChI=1S/C19H18N4O3S/c1-13(24)21-15-9-7-14(8-10-15)17(25)11-27-19-22-20-12-23(19)16-5-3-4-6-18(16)26-2/h3-10,12H,11H2,1-2H3,(H,21,24). The lowest BCUT2D eigenvalue weighted by Crippen LogP contribution is -2.07. The number of rotatable bonds is 7. The Hall–Kier alpha value is -3.13. The number of hydrogen-bond acceptors (Lipinski definition) is 6. The molecule has 0 saturated heterocycles. The zero-order chi connectivity index (χ0) is 19.2. The molecule has 7 nitrogen and oxygen atoms in total. The molecule has 0 aliphatic carbocycles. The number of thioether (sulfide) groups is 1. The van der Waals surface area contributed by atoms with Crippen LogP contribution in [0.15, 0.2) is 60.0 Å². The third-order valence-corrected chi connectivity index (χ3v) is 4.66. The maximum atomic E-state index is 12.5. The maximum Gasteiger partial charge on any atom is 0.221 e. The number of methoxy groups -OCH3 is 1. The highest BCUT2D eigenvalue weighted by atomic mass is 32.2. The van der Waals surface area contributed by atoms with Crippen molar-refractivity contribution in [1.82, 2.24) is 14.8 Å². The molecule has 0 unspecified atom stereocenters. The number of benzene rings is 2. The summed E-state index contributed by atoms with van der Waals surface area (Å²) in [4.78, 5) is 23.5. The summed E-state index contributed by atoms with van der Waals surface area (Å²) in [5.41, 5.74) is 2.03. The predicted molar refractivity (Wildman–Crippen MR) is 104 cm³/mol. The van der Waals surface area contributed by atoms with Crippen LogP contribution in [0.1, 0.15) is 17.3 Å². The lowest BCUT2D eigenvalue weighted by Gasteiger charge is -2.10. The van der Waals surface area contributed by atoms with Crippen molar-refractivity contribution in [2.75, 3.05) is 18.2 Å². The van der Waals surface area contributed by atoms with Crippen LogP contribution in [-0.4, -0.2) is 39.3 Å². The number of Topliss-reactive ketones (excluding diaryl/α,β-unsaturated/α-hetero) is 1. The molecule has 1 heterocycles. The van der Waals surface area contributed by atoms with Gasteiger partial charge in [0.1, 0.15) is 12.1 Å². The lowest BCUT2D eigenvalue weighted by molar-refractivity contribution is -0.114. The first-order valence-electron chi connectivity index (χ1n) is 8.15. The molecule has 1 N–H and O–H groups in total. The van der Waals surface area contributed by atoms with Crippen LogP contribution in [-0.2, 0) is 4.79 Å². The quantitative estimate of drug-likeness (QED) is 0.499. The van der Waals surface area contributed by atoms with E-state index in [9.17, 15) is 9.59 Å². The SMILES string of the molecule is COc1ccccc1-n1cnnc1SCC(=O)c1ccc(NC(C)=O)cc1. The molecule has 1 amide bonds. The number of ether oxygens (including phenoxy) is 1. The van der Waals surface area contributed by atoms with E-state index in [-0.39, 0.29) is 17.4 Å². The van der Waals surface area contributed by atoms with Gasteiger partial charge in [0.15, 0.2) is 10.9 Å². The molecular formula is C19H18N4O3S. The van der Waals surface area contributed by atoms with E-state index in [1.165, 1.54) is 18.7 Å². The lowest BCUT2D eigenvalue weighted by atomic mass is 10.1. The second-order valence-corrected chi connectivity index (χ2v) is 6.57. The molecular weight excluding hydrogens is 364 g/mol. The molecule has 0 bridgehead atoms. The van der Waals surface area contributed by atoms with Gasteiger partial charge in [-0.2, -0.15) is 0 Å². The van der Waals surface area contributed by atoms with E-state index in [4.69, 9.17) is 4.74 Å². The van der Waals surface area contributed by atoms with Crippen LogP contribution in [0.2, 0.25) is 0 Å². The topological polar surface area (TPSA) is 86.1 Å². The number of hydrogen-bond donors (Lipinski definition) is 1. The molecule has 0 atom stereocenters. The number of carbonyl (C=O) groups is 2. The Morgan fingerprint density at radius 1 is 1.15 bits per heavy atom. The highest BCUT2D eigenvalue weighted by Crippen LogP contribution is 2.27. The molecule has 0 aliphatic rings. The summed E-state index contributed by atoms with van der Waals surface area (Å²) in [6, 6.07) is 14.3. The summed E-state index contributed by atoms with van der Waals surface area (Å²) in [5.74, 6) is 0.719. The van der Waals surface area contributed by atoms with Gasteiger partial charge >= 0.3 is 0 Å². The monoisotopic (exact) mass is 382 g/mol. The molecule has 27 heavy (non-hydrogen) atoms. The fourth-order valence-electron chi connectivity index (χ4n) is 2.47. The van der Waals surface area contributed by atoms with Crippen molar-refractivity contribution in [3.8, 4) is 11.4 Å². The van der Waals surface area contributed by atoms with Gasteiger partial charge < -0.3 is 10.1 Å². The average molecular weight is 382 g/mol. The molecule has 0 spiro atoms. The van der Waals surface area contributed by atoms with E-state index in [2.05, 4.69) is 15.5 Å². The van der Waals surface area contributed by atoms with Gasteiger partial charge in [-0.15, -0.1) is 10.2 Å². The summed E-state index contributed by atoms with van der Waals surface area (Å²) >= 11 is 1.30. The van der Waals surface area contributed by atoms with Gasteiger partial charge in [-0.3, -0.25) is 14.2 Å². The Bertz CT molecular complexity index is 954. The highest BCUT2D eigenvalue weighted by molar-refractivity contribution is 7.99. The summed E-state index contributed by atoms with van der Waals surface area (Å²) in [6.07, 6.45) is 1.59. The Morgan fingerprint density at radius 2 is 1.89 bits per heavy atom. The van der Waals surface area contributed by atoms with Gasteiger partial charge in [-0.05, 0) is 36.4 Å². The van der Waals surface area contributed by atoms with Crippen molar-refractivity contribution >= 4 is 29.1 Å². The van der Waals surface area contributed by atoms with E-state index < -0.39 is 0 Å². The second-order valence-electron chi connectivity index (χ2n) is 5.63. The number of nitrogens with zero attached hydrogens (tertiary/aromatic N) is 3. The number of para-hydroxylation sites is 2. The van der Waals surface area contributed by atoms with E-state index in [0.717, 1.165) is 5.69 Å². The normalized spacial score (nSPS) is 10.4. The first-order chi connectivity index (χ1) is 13.1. The Morgan fingerprint density at radius 3 is 2.59 bits per heavy atom. The van der Waals surface area contributed by atoms with Gasteiger partial charge in [0, 0.05) is 18.2 Å². The first kappa shape index (κ1) is 18.7. The molecule has 0 fully saturated rings. The molecule has 0 aliphatic heterocycles. The van der Waals surface area contributed by atoms with Gasteiger partial charge in [0.2, 0.25) is 5.91 Å². The van der Waals surface area contributed by atoms with Crippen molar-refractivity contribution in [3.05, 3.63) is 60.4 Å². The van der Waals surface area contributed by atoms with Crippen molar-refractivity contribution < 1.29 is 14.3 Å². The van der Waals surface area contributed by atoms with Crippen LogP contribution in [0.5, 0.6) is 5.75 Å². The molecule has 138 valence electrons. The van der Waals surface area contributed by atoms with Gasteiger partial charge in [-0.1, -0.05) is 23.9 Å². The molecule has 2 aromatic carbocycles. The van der Waals surface area contributed by atoms with Crippen LogP contribution < -0.4 is 10.1 Å². The number of carbonyl (C=O) groups excluding carboxylic acids is 2. The largest absolute Gasteiger partial charge is 0.495 e. The average Bonchev–Trinajstić information content (AvgIpc) is 3.14. The van der Waals surface area contributed by atoms with Crippen LogP contribution in [0.25, 0.3) is 5.69 Å². The summed E-state index contributed by atoms with van der Waals surface area (Å²) in [7, 11) is 1.60. The van der Waals surface area contributed by atoms with Gasteiger partial charge in [-0.25, -0.2) is 0 Å². The number of aromatic nitrogens is 3. The highest BCUT2D eigenvalue weighted by Gasteiger charge is 2.14. The van der Waals surface area contributed by atoms with E-state index in [1.807, 2.05) is 24.3 Å². The number of ketones is 1. The summed E-state index contributed by atoms with van der Waals surface area (Å²) in [6.45, 7) is 1.44. The van der Waals surface area contributed by atoms with Gasteiger partial charge in [0.25, 0.3) is 0 Å². The fraction of sp³-hybridized carbons (Fsp3) is 0.158. The zero-order valence-corrected chi connectivity index (χ0v) is 15.7. The van der Waals surface area contributed by atoms with Crippen LogP contribution in [0, 0.1) is 0 Å². The molecule has 3 rings (SSSR count). The number of amides is 1. The fourth-order valence-corrected chi connectivity index (χ4v) is 3.29. The van der Waals surface area contributed by atoms with E-state index in [0.29, 0.717) is 22.2 Å². The van der Waals surface area contributed by atoms with Crippen molar-refractivity contribution in [1.29, 1.82) is 0 Å². The Balaban J connectivity index is 1.70. The summed E-state index contributed by atoms with van der Waals surface area (Å²) in [5, 5.41) is 11.3. The van der Waals surface area contributed by atoms with Crippen LogP contribution in [0.3, 0.4) is 0 Å². The smallest absolute Gasteiger partial charge is 0.221 e. The minimum absolute atomic E-state index is 0.0380. The molecule has 0 radical (unpaired) electrons. The maximum absolute atomic E-state index is 12.5. The molecule has 3 aromatic rings. The van der Waals surface area contributed by atoms with Crippen molar-refractivity contribution in [2.45, 2.75) is 12.1 Å². The van der Waals surface area contributed by atoms with E-state index in [1.54, 1.807) is 42.3 Å². The minimum Gasteiger partial charge on any atom is -0.495 e. The van der Waals surface area contributed by atoms with Crippen molar-refractivity contribution in [2.24, 2.45) is 0 Å². The number of nitrogens with one attached hydrogen (secondary N) is 1. The number of anilines is 1. The van der Waals surface area contributed by atoms with Gasteiger partial charge in [0.05, 0.1) is 18.6 Å². The molecule has 0 saturated carbocycles. The zero-order valence-electron chi connectivity index (χ0n) is 14.9. The van der Waals surface area contributed by atoms with E-state index >= 15 is 0 Å². The minimum atomic E-state index is -0.152. The summed E-state index contributed by atoms with van der Waals surface area (Å²) < 4.78 is 7.16. The van der Waals surface area contributed by atoms with Crippen LogP contribution >= 0.6 is 11.8 Å². The Labute approximate surface area is 160 Å². The first-order valence-corrected chi connectivity index (χ1v) is 9.14. The Kier molecular flexibility index (Phi) is 5.87. The third kappa shape index (κ3) is 4.53. The predicted octanol–water partition coefficient (Wildman–Crippen LogP) is 3.21. The molecule has 1 aromatic heterocycles. The van der Waals surface area contributed by atoms with Crippen LogP contribution in [0.4, 0.5) is 5.69 Å². The third-order valence-electron chi connectivity index (χ3n) is 3.72. The molecule has 8 heteroatoms.